The Morgan fingerprint density at radius 2 is 1.88 bits per heavy atom. The van der Waals surface area contributed by atoms with Gasteiger partial charge in [-0.3, -0.25) is 4.79 Å². The Morgan fingerprint density at radius 1 is 1.19 bits per heavy atom. The molecule has 1 saturated heterocycles. The van der Waals surface area contributed by atoms with Gasteiger partial charge in [0.2, 0.25) is 0 Å². The molecule has 2 aromatic rings. The first-order valence-corrected chi connectivity index (χ1v) is 10.4. The van der Waals surface area contributed by atoms with Crippen molar-refractivity contribution < 1.29 is 4.79 Å². The maximum absolute atomic E-state index is 12.8. The summed E-state index contributed by atoms with van der Waals surface area (Å²) in [6.45, 7) is 6.00. The second-order valence-electron chi connectivity index (χ2n) is 7.35. The van der Waals surface area contributed by atoms with Gasteiger partial charge in [-0.15, -0.1) is 11.8 Å². The quantitative estimate of drug-likeness (QED) is 0.586. The number of hydrogen-bond acceptors (Lipinski definition) is 3. The van der Waals surface area contributed by atoms with Crippen molar-refractivity contribution in [1.29, 1.82) is 0 Å². The van der Waals surface area contributed by atoms with Crippen LogP contribution in [0, 0.1) is 5.41 Å². The molecule has 3 nitrogen and oxygen atoms in total. The highest BCUT2D eigenvalue weighted by atomic mass is 35.5. The monoisotopic (exact) mass is 408 g/mol. The molecule has 2 heterocycles. The number of hydrogen-bond donors (Lipinski definition) is 0. The van der Waals surface area contributed by atoms with Gasteiger partial charge in [-0.2, -0.15) is 0 Å². The topological polar surface area (TPSA) is 33.2 Å². The van der Waals surface area contributed by atoms with E-state index in [1.807, 2.05) is 35.2 Å². The molecule has 3 rings (SSSR count). The molecule has 0 bridgehead atoms. The van der Waals surface area contributed by atoms with Crippen molar-refractivity contribution in [3.63, 3.8) is 0 Å². The third kappa shape index (κ3) is 4.73. The summed E-state index contributed by atoms with van der Waals surface area (Å²) in [5, 5.41) is 1.26. The summed E-state index contributed by atoms with van der Waals surface area (Å²) in [7, 11) is 0. The molecule has 6 heteroatoms. The van der Waals surface area contributed by atoms with Gasteiger partial charge in [0, 0.05) is 23.7 Å². The number of amides is 1. The summed E-state index contributed by atoms with van der Waals surface area (Å²) >= 11 is 14.0. The molecule has 0 spiro atoms. The number of carbonyl (C=O) groups excluding carboxylic acids is 1. The Hall–Kier alpha value is -1.23. The van der Waals surface area contributed by atoms with E-state index < -0.39 is 0 Å². The predicted molar refractivity (Wildman–Crippen MR) is 109 cm³/mol. The molecule has 26 heavy (non-hydrogen) atoms. The zero-order valence-corrected chi connectivity index (χ0v) is 17.3. The van der Waals surface area contributed by atoms with Gasteiger partial charge in [-0.25, -0.2) is 4.98 Å². The van der Waals surface area contributed by atoms with Crippen LogP contribution in [0.5, 0.6) is 0 Å². The number of aromatic nitrogens is 1. The van der Waals surface area contributed by atoms with Gasteiger partial charge in [0.15, 0.2) is 0 Å². The van der Waals surface area contributed by atoms with Gasteiger partial charge >= 0.3 is 0 Å². The molecule has 1 aromatic heterocycles. The van der Waals surface area contributed by atoms with Crippen LogP contribution >= 0.6 is 35.0 Å². The largest absolute Gasteiger partial charge is 0.337 e. The minimum atomic E-state index is 0.0143. The Bertz CT molecular complexity index is 790. The van der Waals surface area contributed by atoms with Crippen molar-refractivity contribution in [2.45, 2.75) is 37.3 Å². The average Bonchev–Trinajstić information content (AvgIpc) is 2.60. The van der Waals surface area contributed by atoms with E-state index >= 15 is 0 Å². The number of carbonyl (C=O) groups is 1. The van der Waals surface area contributed by atoms with E-state index in [0.717, 1.165) is 36.5 Å². The Morgan fingerprint density at radius 3 is 2.58 bits per heavy atom. The fourth-order valence-electron chi connectivity index (χ4n) is 3.20. The Labute approximate surface area is 169 Å². The summed E-state index contributed by atoms with van der Waals surface area (Å²) in [4.78, 5) is 20.2. The summed E-state index contributed by atoms with van der Waals surface area (Å²) in [6.07, 6.45) is 2.19. The summed E-state index contributed by atoms with van der Waals surface area (Å²) < 4.78 is 0. The molecule has 1 amide bonds. The van der Waals surface area contributed by atoms with Crippen molar-refractivity contribution in [2.75, 3.05) is 13.1 Å². The van der Waals surface area contributed by atoms with Gasteiger partial charge in [0.05, 0.1) is 15.7 Å². The molecule has 0 atom stereocenters. The normalized spacial score (nSPS) is 16.5. The van der Waals surface area contributed by atoms with Gasteiger partial charge in [0.25, 0.3) is 5.91 Å². The standard InChI is InChI=1S/C20H22Cl2N2OS/c1-20(2)10-5-11-24(13-20)19(25)17-9-3-6-14(23-17)12-26-18-15(21)7-4-8-16(18)22/h3-4,6-9H,5,10-13H2,1-2H3. The van der Waals surface area contributed by atoms with E-state index in [1.54, 1.807) is 6.07 Å². The van der Waals surface area contributed by atoms with Crippen LogP contribution in [-0.2, 0) is 5.75 Å². The summed E-state index contributed by atoms with van der Waals surface area (Å²) in [6, 6.07) is 11.1. The molecule has 0 saturated carbocycles. The first kappa shape index (κ1) is 19.5. The van der Waals surface area contributed by atoms with E-state index in [4.69, 9.17) is 23.2 Å². The van der Waals surface area contributed by atoms with Gasteiger partial charge in [-0.05, 0) is 42.5 Å². The first-order chi connectivity index (χ1) is 12.4. The molecule has 1 fully saturated rings. The van der Waals surface area contributed by atoms with Crippen molar-refractivity contribution in [2.24, 2.45) is 5.41 Å². The maximum Gasteiger partial charge on any atom is 0.272 e. The molecule has 0 radical (unpaired) electrons. The molecule has 1 aliphatic heterocycles. The van der Waals surface area contributed by atoms with Crippen LogP contribution in [0.25, 0.3) is 0 Å². The van der Waals surface area contributed by atoms with Crippen LogP contribution in [0.3, 0.4) is 0 Å². The molecular weight excluding hydrogens is 387 g/mol. The fourth-order valence-corrected chi connectivity index (χ4v) is 4.79. The van der Waals surface area contributed by atoms with Crippen LogP contribution < -0.4 is 0 Å². The Balaban J connectivity index is 1.71. The highest BCUT2D eigenvalue weighted by Crippen LogP contribution is 2.35. The minimum Gasteiger partial charge on any atom is -0.337 e. The molecular formula is C20H22Cl2N2OS. The van der Waals surface area contributed by atoms with Crippen LogP contribution in [0.15, 0.2) is 41.3 Å². The second kappa shape index (κ2) is 8.20. The Kier molecular flexibility index (Phi) is 6.16. The van der Waals surface area contributed by atoms with Crippen molar-refractivity contribution in [3.05, 3.63) is 57.8 Å². The van der Waals surface area contributed by atoms with Crippen LogP contribution in [-0.4, -0.2) is 28.9 Å². The zero-order chi connectivity index (χ0) is 18.7. The SMILES string of the molecule is CC1(C)CCCN(C(=O)c2cccc(CSc3c(Cl)cccc3Cl)n2)C1. The number of thioether (sulfide) groups is 1. The number of piperidine rings is 1. The zero-order valence-electron chi connectivity index (χ0n) is 15.0. The third-order valence-electron chi connectivity index (χ3n) is 4.50. The maximum atomic E-state index is 12.8. The number of nitrogens with zero attached hydrogens (tertiary/aromatic N) is 2. The number of likely N-dealkylation sites (tertiary alicyclic amines) is 1. The first-order valence-electron chi connectivity index (χ1n) is 8.68. The molecule has 1 aromatic carbocycles. The van der Waals surface area contributed by atoms with Crippen molar-refractivity contribution >= 4 is 40.9 Å². The highest BCUT2D eigenvalue weighted by Gasteiger charge is 2.30. The van der Waals surface area contributed by atoms with Gasteiger partial charge < -0.3 is 4.90 Å². The van der Waals surface area contributed by atoms with Crippen molar-refractivity contribution in [3.8, 4) is 0 Å². The van der Waals surface area contributed by atoms with Gasteiger partial charge in [0.1, 0.15) is 5.69 Å². The van der Waals surface area contributed by atoms with E-state index in [-0.39, 0.29) is 11.3 Å². The summed E-state index contributed by atoms with van der Waals surface area (Å²) in [5.74, 6) is 0.621. The van der Waals surface area contributed by atoms with Crippen LogP contribution in [0.2, 0.25) is 10.0 Å². The molecule has 0 N–H and O–H groups in total. The number of rotatable bonds is 4. The average molecular weight is 409 g/mol. The second-order valence-corrected chi connectivity index (χ2v) is 9.15. The lowest BCUT2D eigenvalue weighted by atomic mass is 9.84. The van der Waals surface area contributed by atoms with Crippen molar-refractivity contribution in [1.82, 2.24) is 9.88 Å². The third-order valence-corrected chi connectivity index (χ3v) is 6.52. The fraction of sp³-hybridized carbons (Fsp3) is 0.400. The lowest BCUT2D eigenvalue weighted by molar-refractivity contribution is 0.0577. The minimum absolute atomic E-state index is 0.0143. The van der Waals surface area contributed by atoms with E-state index in [9.17, 15) is 4.79 Å². The molecule has 0 unspecified atom stereocenters. The highest BCUT2D eigenvalue weighted by molar-refractivity contribution is 7.98. The smallest absolute Gasteiger partial charge is 0.272 e. The molecule has 138 valence electrons. The molecule has 0 aliphatic carbocycles. The predicted octanol–water partition coefficient (Wildman–Crippen LogP) is 5.94. The number of pyridine rings is 1. The summed E-state index contributed by atoms with van der Waals surface area (Å²) in [5.41, 5.74) is 1.52. The van der Waals surface area contributed by atoms with E-state index in [1.165, 1.54) is 11.8 Å². The number of benzene rings is 1. The van der Waals surface area contributed by atoms with Crippen LogP contribution in [0.1, 0.15) is 42.9 Å². The lowest BCUT2D eigenvalue weighted by Gasteiger charge is -2.37. The van der Waals surface area contributed by atoms with E-state index in [2.05, 4.69) is 18.8 Å². The molecule has 1 aliphatic rings. The van der Waals surface area contributed by atoms with Crippen LogP contribution in [0.4, 0.5) is 0 Å². The van der Waals surface area contributed by atoms with E-state index in [0.29, 0.717) is 21.5 Å². The number of halogens is 2. The lowest BCUT2D eigenvalue weighted by Crippen LogP contribution is -2.43. The van der Waals surface area contributed by atoms with Gasteiger partial charge in [-0.1, -0.05) is 49.2 Å².